The van der Waals surface area contributed by atoms with Crippen LogP contribution in [-0.4, -0.2) is 16.1 Å². The maximum atomic E-state index is 13.4. The van der Waals surface area contributed by atoms with Crippen LogP contribution in [-0.2, 0) is 0 Å². The molecular weight excluding hydrogens is 444 g/mol. The lowest BCUT2D eigenvalue weighted by Gasteiger charge is -2.20. The van der Waals surface area contributed by atoms with Crippen LogP contribution in [0.2, 0.25) is 0 Å². The fourth-order valence-electron chi connectivity index (χ4n) is 4.45. The highest BCUT2D eigenvalue weighted by Crippen LogP contribution is 2.33. The zero-order chi connectivity index (χ0) is 24.9. The van der Waals surface area contributed by atoms with E-state index in [1.165, 1.54) is 0 Å². The van der Waals surface area contributed by atoms with E-state index in [0.717, 1.165) is 16.6 Å². The molecule has 2 N–H and O–H groups in total. The first-order valence-corrected chi connectivity index (χ1v) is 11.3. The van der Waals surface area contributed by atoms with Crippen LogP contribution in [0.4, 0.5) is 5.69 Å². The number of oxazole rings is 1. The van der Waals surface area contributed by atoms with Crippen molar-refractivity contribution in [2.45, 2.75) is 33.7 Å². The van der Waals surface area contributed by atoms with Crippen molar-refractivity contribution >= 4 is 33.7 Å². The van der Waals surface area contributed by atoms with Crippen molar-refractivity contribution in [3.05, 3.63) is 93.0 Å². The minimum Gasteiger partial charge on any atom is -0.478 e. The van der Waals surface area contributed by atoms with E-state index in [9.17, 15) is 14.7 Å². The Kier molecular flexibility index (Phi) is 5.40. The van der Waals surface area contributed by atoms with Gasteiger partial charge in [-0.15, -0.1) is 0 Å². The van der Waals surface area contributed by atoms with E-state index >= 15 is 0 Å². The van der Waals surface area contributed by atoms with Crippen LogP contribution in [0.25, 0.3) is 33.4 Å². The normalized spacial score (nSPS) is 12.2. The molecule has 0 saturated carbocycles. The van der Waals surface area contributed by atoms with Crippen LogP contribution < -0.4 is 10.7 Å². The van der Waals surface area contributed by atoms with E-state index in [1.54, 1.807) is 38.1 Å². The molecule has 5 rings (SSSR count). The Morgan fingerprint density at radius 2 is 1.80 bits per heavy atom. The number of hydrogen-bond acceptors (Lipinski definition) is 6. The van der Waals surface area contributed by atoms with Crippen molar-refractivity contribution in [3.8, 4) is 11.3 Å². The molecular formula is C28H24N2O5. The van der Waals surface area contributed by atoms with Gasteiger partial charge in [0.2, 0.25) is 0 Å². The van der Waals surface area contributed by atoms with Crippen LogP contribution in [0, 0.1) is 20.8 Å². The Labute approximate surface area is 201 Å². The Morgan fingerprint density at radius 3 is 2.57 bits per heavy atom. The largest absolute Gasteiger partial charge is 0.478 e. The van der Waals surface area contributed by atoms with Crippen LogP contribution in [0.5, 0.6) is 0 Å². The predicted octanol–water partition coefficient (Wildman–Crippen LogP) is 6.40. The van der Waals surface area contributed by atoms with Gasteiger partial charge in [-0.05, 0) is 62.7 Å². The monoisotopic (exact) mass is 468 g/mol. The fraction of sp³-hybridized carbons (Fsp3) is 0.179. The van der Waals surface area contributed by atoms with Crippen molar-refractivity contribution in [2.24, 2.45) is 0 Å². The van der Waals surface area contributed by atoms with Crippen LogP contribution in [0.3, 0.4) is 0 Å². The summed E-state index contributed by atoms with van der Waals surface area (Å²) in [5, 5.41) is 13.3. The molecule has 5 aromatic rings. The topological polar surface area (TPSA) is 106 Å². The maximum Gasteiger partial charge on any atom is 0.337 e. The summed E-state index contributed by atoms with van der Waals surface area (Å²) in [7, 11) is 0. The number of carboxylic acid groups (broad SMARTS) is 1. The third kappa shape index (κ3) is 3.95. The van der Waals surface area contributed by atoms with Gasteiger partial charge >= 0.3 is 5.97 Å². The molecule has 0 saturated heterocycles. The number of aryl methyl sites for hydroxylation is 2. The Hall–Kier alpha value is -4.39. The van der Waals surface area contributed by atoms with Crippen molar-refractivity contribution in [1.29, 1.82) is 0 Å². The Morgan fingerprint density at radius 1 is 1.03 bits per heavy atom. The number of hydrogen-bond donors (Lipinski definition) is 2. The maximum absolute atomic E-state index is 13.4. The van der Waals surface area contributed by atoms with Gasteiger partial charge < -0.3 is 19.3 Å². The van der Waals surface area contributed by atoms with E-state index in [2.05, 4.69) is 10.3 Å². The molecule has 35 heavy (non-hydrogen) atoms. The fourth-order valence-corrected chi connectivity index (χ4v) is 4.45. The predicted molar refractivity (Wildman–Crippen MR) is 135 cm³/mol. The van der Waals surface area contributed by atoms with Crippen LogP contribution in [0.1, 0.15) is 45.9 Å². The molecule has 0 amide bonds. The summed E-state index contributed by atoms with van der Waals surface area (Å²) >= 11 is 0. The molecule has 2 heterocycles. The minimum absolute atomic E-state index is 0.113. The van der Waals surface area contributed by atoms with Gasteiger partial charge in [-0.25, -0.2) is 9.78 Å². The first-order chi connectivity index (χ1) is 16.7. The average molecular weight is 469 g/mol. The molecule has 0 aliphatic heterocycles. The van der Waals surface area contributed by atoms with Gasteiger partial charge in [0.05, 0.1) is 17.0 Å². The van der Waals surface area contributed by atoms with Gasteiger partial charge in [0, 0.05) is 29.3 Å². The summed E-state index contributed by atoms with van der Waals surface area (Å²) in [6, 6.07) is 15.7. The molecule has 0 aliphatic carbocycles. The third-order valence-corrected chi connectivity index (χ3v) is 6.15. The van der Waals surface area contributed by atoms with Crippen LogP contribution >= 0.6 is 0 Å². The number of para-hydroxylation sites is 1. The van der Waals surface area contributed by atoms with Crippen molar-refractivity contribution < 1.29 is 18.7 Å². The zero-order valence-corrected chi connectivity index (χ0v) is 19.8. The summed E-state index contributed by atoms with van der Waals surface area (Å²) in [5.41, 5.74) is 5.25. The molecule has 1 unspecified atom stereocenters. The van der Waals surface area contributed by atoms with Gasteiger partial charge in [-0.1, -0.05) is 18.2 Å². The second-order valence-corrected chi connectivity index (χ2v) is 8.75. The number of rotatable bonds is 5. The molecule has 1 atom stereocenters. The van der Waals surface area contributed by atoms with E-state index in [-0.39, 0.29) is 17.0 Å². The second kappa shape index (κ2) is 8.43. The van der Waals surface area contributed by atoms with Gasteiger partial charge in [-0.3, -0.25) is 4.79 Å². The van der Waals surface area contributed by atoms with E-state index in [4.69, 9.17) is 8.83 Å². The average Bonchev–Trinajstić information content (AvgIpc) is 3.20. The molecule has 7 heteroatoms. The number of carbonyl (C=O) groups is 1. The summed E-state index contributed by atoms with van der Waals surface area (Å²) in [6.45, 7) is 7.37. The summed E-state index contributed by atoms with van der Waals surface area (Å²) in [5.74, 6) is 0.00622. The van der Waals surface area contributed by atoms with Crippen molar-refractivity contribution in [2.75, 3.05) is 5.32 Å². The van der Waals surface area contributed by atoms with Crippen molar-refractivity contribution in [1.82, 2.24) is 4.98 Å². The van der Waals surface area contributed by atoms with E-state index in [0.29, 0.717) is 45.0 Å². The minimum atomic E-state index is -1.02. The molecule has 176 valence electrons. The Balaban J connectivity index is 1.68. The highest BCUT2D eigenvalue weighted by atomic mass is 16.4. The number of aromatic carboxylic acids is 1. The van der Waals surface area contributed by atoms with Gasteiger partial charge in [0.1, 0.15) is 16.9 Å². The van der Waals surface area contributed by atoms with Gasteiger partial charge in [0.15, 0.2) is 16.9 Å². The molecule has 7 nitrogen and oxygen atoms in total. The number of benzene rings is 3. The van der Waals surface area contributed by atoms with Gasteiger partial charge in [0.25, 0.3) is 0 Å². The molecule has 0 spiro atoms. The molecule has 0 aliphatic rings. The molecule has 0 bridgehead atoms. The summed E-state index contributed by atoms with van der Waals surface area (Å²) < 4.78 is 12.1. The lowest BCUT2D eigenvalue weighted by molar-refractivity contribution is 0.0698. The Bertz CT molecular complexity index is 1680. The summed E-state index contributed by atoms with van der Waals surface area (Å²) in [4.78, 5) is 29.4. The number of anilines is 1. The highest BCUT2D eigenvalue weighted by molar-refractivity contribution is 5.94. The second-order valence-electron chi connectivity index (χ2n) is 8.75. The summed E-state index contributed by atoms with van der Waals surface area (Å²) in [6.07, 6.45) is 0. The zero-order valence-electron chi connectivity index (χ0n) is 19.8. The SMILES string of the molecule is Cc1cc(C(C)Nc2ccccc2C(=O)O)c2oc(-c3ccc4nc(C)oc4c3)c(C)c(=O)c2c1. The first-order valence-electron chi connectivity index (χ1n) is 11.3. The lowest BCUT2D eigenvalue weighted by atomic mass is 9.98. The highest BCUT2D eigenvalue weighted by Gasteiger charge is 2.20. The van der Waals surface area contributed by atoms with E-state index in [1.807, 2.05) is 44.2 Å². The van der Waals surface area contributed by atoms with Crippen LogP contribution in [0.15, 0.2) is 68.2 Å². The number of carboxylic acids is 1. The number of nitrogens with one attached hydrogen (secondary N) is 1. The number of fused-ring (bicyclic) bond motifs is 2. The molecule has 0 radical (unpaired) electrons. The lowest BCUT2D eigenvalue weighted by Crippen LogP contribution is -2.14. The number of nitrogens with zero attached hydrogens (tertiary/aromatic N) is 1. The molecule has 3 aromatic carbocycles. The number of aromatic nitrogens is 1. The quantitative estimate of drug-likeness (QED) is 0.307. The molecule has 0 fully saturated rings. The van der Waals surface area contributed by atoms with E-state index < -0.39 is 5.97 Å². The first kappa shape index (κ1) is 22.4. The van der Waals surface area contributed by atoms with Crippen molar-refractivity contribution in [3.63, 3.8) is 0 Å². The molecule has 2 aromatic heterocycles. The standard InChI is InChI=1S/C28H24N2O5/c1-14-11-20(16(3)29-22-8-6-5-7-19(22)28(32)33)27-21(12-14)25(31)15(2)26(35-27)18-9-10-23-24(13-18)34-17(4)30-23/h5-13,16,29H,1-4H3,(H,32,33). The third-order valence-electron chi connectivity index (χ3n) is 6.15. The van der Waals surface area contributed by atoms with Gasteiger partial charge in [-0.2, -0.15) is 0 Å². The smallest absolute Gasteiger partial charge is 0.337 e.